The minimum absolute atomic E-state index is 0.00443. The molecule has 0 bridgehead atoms. The lowest BCUT2D eigenvalue weighted by molar-refractivity contribution is 0.0697. The number of nitrogens with zero attached hydrogens (tertiary/aromatic N) is 1. The van der Waals surface area contributed by atoms with Crippen molar-refractivity contribution < 1.29 is 18.3 Å². The molecule has 0 atom stereocenters. The van der Waals surface area contributed by atoms with E-state index in [1.54, 1.807) is 30.5 Å². The van der Waals surface area contributed by atoms with Gasteiger partial charge < -0.3 is 5.11 Å². The number of aromatic nitrogens is 1. The van der Waals surface area contributed by atoms with Gasteiger partial charge in [0.25, 0.3) is 10.0 Å². The normalized spacial score (nSPS) is 11.3. The number of carbonyl (C=O) groups is 1. The van der Waals surface area contributed by atoms with Crippen LogP contribution in [0.25, 0.3) is 10.9 Å². The van der Waals surface area contributed by atoms with Gasteiger partial charge in [-0.1, -0.05) is 12.1 Å². The first-order chi connectivity index (χ1) is 11.0. The number of carboxylic acid groups (broad SMARTS) is 1. The Morgan fingerprint density at radius 3 is 2.61 bits per heavy atom. The van der Waals surface area contributed by atoms with Gasteiger partial charge in [-0.25, -0.2) is 13.2 Å². The van der Waals surface area contributed by atoms with E-state index in [0.717, 1.165) is 0 Å². The van der Waals surface area contributed by atoms with Gasteiger partial charge in [0.05, 0.1) is 16.0 Å². The third kappa shape index (κ3) is 3.00. The summed E-state index contributed by atoms with van der Waals surface area (Å²) in [7, 11) is -3.87. The predicted molar refractivity (Wildman–Crippen MR) is 86.0 cm³/mol. The number of sulfonamides is 1. The highest BCUT2D eigenvalue weighted by Crippen LogP contribution is 2.24. The monoisotopic (exact) mass is 328 g/mol. The number of benzene rings is 2. The number of carboxylic acids is 1. The summed E-state index contributed by atoms with van der Waals surface area (Å²) in [6, 6.07) is 13.8. The van der Waals surface area contributed by atoms with Crippen molar-refractivity contribution in [2.24, 2.45) is 0 Å². The van der Waals surface area contributed by atoms with Crippen LogP contribution in [-0.4, -0.2) is 24.5 Å². The molecule has 0 spiro atoms. The fraction of sp³-hybridized carbons (Fsp3) is 0. The van der Waals surface area contributed by atoms with Crippen LogP contribution in [0, 0.1) is 0 Å². The summed E-state index contributed by atoms with van der Waals surface area (Å²) in [5.41, 5.74) is 0.755. The van der Waals surface area contributed by atoms with Crippen molar-refractivity contribution in [2.75, 3.05) is 4.72 Å². The summed E-state index contributed by atoms with van der Waals surface area (Å²) in [4.78, 5) is 15.2. The summed E-state index contributed by atoms with van der Waals surface area (Å²) in [6.45, 7) is 0. The molecule has 7 heteroatoms. The van der Waals surface area contributed by atoms with Crippen molar-refractivity contribution in [3.63, 3.8) is 0 Å². The zero-order valence-electron chi connectivity index (χ0n) is 11.8. The Labute approximate surface area is 132 Å². The summed E-state index contributed by atoms with van der Waals surface area (Å²) in [5, 5.41) is 9.48. The number of nitrogens with one attached hydrogen (secondary N) is 1. The topological polar surface area (TPSA) is 96.4 Å². The lowest BCUT2D eigenvalue weighted by Crippen LogP contribution is -2.14. The Morgan fingerprint density at radius 1 is 1.04 bits per heavy atom. The number of hydrogen-bond acceptors (Lipinski definition) is 4. The zero-order chi connectivity index (χ0) is 16.4. The van der Waals surface area contributed by atoms with Crippen LogP contribution >= 0.6 is 0 Å². The van der Waals surface area contributed by atoms with Crippen LogP contribution in [0.3, 0.4) is 0 Å². The molecule has 3 aromatic rings. The van der Waals surface area contributed by atoms with Crippen molar-refractivity contribution in [1.29, 1.82) is 0 Å². The molecule has 23 heavy (non-hydrogen) atoms. The van der Waals surface area contributed by atoms with Crippen LogP contribution in [0.4, 0.5) is 5.69 Å². The second-order valence-electron chi connectivity index (χ2n) is 4.82. The summed E-state index contributed by atoms with van der Waals surface area (Å²) >= 11 is 0. The maximum Gasteiger partial charge on any atom is 0.335 e. The van der Waals surface area contributed by atoms with Crippen LogP contribution < -0.4 is 4.72 Å². The van der Waals surface area contributed by atoms with Crippen molar-refractivity contribution >= 4 is 32.6 Å². The largest absolute Gasteiger partial charge is 0.478 e. The SMILES string of the molecule is O=C(O)c1cccc(NS(=O)(=O)c2cccc3ncccc23)c1. The summed E-state index contributed by atoms with van der Waals surface area (Å²) < 4.78 is 27.6. The summed E-state index contributed by atoms with van der Waals surface area (Å²) in [6.07, 6.45) is 1.59. The van der Waals surface area contributed by atoms with Crippen molar-refractivity contribution in [1.82, 2.24) is 4.98 Å². The molecule has 0 saturated carbocycles. The van der Waals surface area contributed by atoms with Crippen molar-refractivity contribution in [2.45, 2.75) is 4.90 Å². The van der Waals surface area contributed by atoms with E-state index >= 15 is 0 Å². The Bertz CT molecular complexity index is 994. The first kappa shape index (κ1) is 15.0. The van der Waals surface area contributed by atoms with Crippen molar-refractivity contribution in [3.8, 4) is 0 Å². The number of anilines is 1. The quantitative estimate of drug-likeness (QED) is 0.767. The fourth-order valence-electron chi connectivity index (χ4n) is 2.24. The minimum atomic E-state index is -3.87. The fourth-order valence-corrected chi connectivity index (χ4v) is 3.50. The highest BCUT2D eigenvalue weighted by atomic mass is 32.2. The first-order valence-electron chi connectivity index (χ1n) is 6.67. The van der Waals surface area contributed by atoms with Gasteiger partial charge in [0, 0.05) is 17.3 Å². The molecule has 0 fully saturated rings. The molecule has 1 heterocycles. The molecular formula is C16H12N2O4S. The van der Waals surface area contributed by atoms with Gasteiger partial charge in [-0.3, -0.25) is 9.71 Å². The second-order valence-corrected chi connectivity index (χ2v) is 6.47. The number of pyridine rings is 1. The highest BCUT2D eigenvalue weighted by molar-refractivity contribution is 7.93. The zero-order valence-corrected chi connectivity index (χ0v) is 12.6. The third-order valence-electron chi connectivity index (χ3n) is 3.26. The molecular weight excluding hydrogens is 316 g/mol. The maximum atomic E-state index is 12.6. The van der Waals surface area contributed by atoms with E-state index < -0.39 is 16.0 Å². The molecule has 0 aliphatic heterocycles. The lowest BCUT2D eigenvalue weighted by atomic mass is 10.2. The van der Waals surface area contributed by atoms with E-state index in [4.69, 9.17) is 5.11 Å². The van der Waals surface area contributed by atoms with Gasteiger partial charge >= 0.3 is 5.97 Å². The average molecular weight is 328 g/mol. The molecule has 0 unspecified atom stereocenters. The summed E-state index contributed by atoms with van der Waals surface area (Å²) in [5.74, 6) is -1.12. The Kier molecular flexibility index (Phi) is 3.71. The van der Waals surface area contributed by atoms with Crippen LogP contribution in [0.5, 0.6) is 0 Å². The van der Waals surface area contributed by atoms with E-state index in [-0.39, 0.29) is 16.1 Å². The van der Waals surface area contributed by atoms with Crippen LogP contribution in [0.15, 0.2) is 65.7 Å². The number of hydrogen-bond donors (Lipinski definition) is 2. The molecule has 116 valence electrons. The van der Waals surface area contributed by atoms with E-state index in [1.807, 2.05) is 0 Å². The van der Waals surface area contributed by atoms with E-state index in [2.05, 4.69) is 9.71 Å². The molecule has 0 amide bonds. The number of aromatic carboxylic acids is 1. The molecule has 0 aliphatic rings. The van der Waals surface area contributed by atoms with E-state index in [0.29, 0.717) is 10.9 Å². The van der Waals surface area contributed by atoms with Gasteiger partial charge in [0.15, 0.2) is 0 Å². The van der Waals surface area contributed by atoms with Gasteiger partial charge in [-0.05, 0) is 42.5 Å². The lowest BCUT2D eigenvalue weighted by Gasteiger charge is -2.10. The van der Waals surface area contributed by atoms with Crippen LogP contribution in [0.1, 0.15) is 10.4 Å². The van der Waals surface area contributed by atoms with Crippen LogP contribution in [-0.2, 0) is 10.0 Å². The predicted octanol–water partition coefficient (Wildman–Crippen LogP) is 2.73. The molecule has 0 aliphatic carbocycles. The van der Waals surface area contributed by atoms with Gasteiger partial charge in [-0.15, -0.1) is 0 Å². The minimum Gasteiger partial charge on any atom is -0.478 e. The van der Waals surface area contributed by atoms with Crippen molar-refractivity contribution in [3.05, 3.63) is 66.4 Å². The Hall–Kier alpha value is -2.93. The van der Waals surface area contributed by atoms with Gasteiger partial charge in [0.1, 0.15) is 0 Å². The highest BCUT2D eigenvalue weighted by Gasteiger charge is 2.18. The average Bonchev–Trinajstić information content (AvgIpc) is 2.54. The van der Waals surface area contributed by atoms with Gasteiger partial charge in [-0.2, -0.15) is 0 Å². The molecule has 1 aromatic heterocycles. The molecule has 3 rings (SSSR count). The third-order valence-corrected chi connectivity index (χ3v) is 4.70. The molecule has 0 saturated heterocycles. The maximum absolute atomic E-state index is 12.6. The Morgan fingerprint density at radius 2 is 1.83 bits per heavy atom. The standard InChI is InChI=1S/C16H12N2O4S/c19-16(20)11-4-1-5-12(10-11)18-23(21,22)15-8-2-7-14-13(15)6-3-9-17-14/h1-10,18H,(H,19,20). The number of rotatable bonds is 4. The molecule has 2 aromatic carbocycles. The molecule has 0 radical (unpaired) electrons. The van der Waals surface area contributed by atoms with Gasteiger partial charge in [0.2, 0.25) is 0 Å². The van der Waals surface area contributed by atoms with Crippen LogP contribution in [0.2, 0.25) is 0 Å². The van der Waals surface area contributed by atoms with E-state index in [9.17, 15) is 13.2 Å². The Balaban J connectivity index is 2.05. The number of fused-ring (bicyclic) bond motifs is 1. The van der Waals surface area contributed by atoms with E-state index in [1.165, 1.54) is 30.3 Å². The molecule has 2 N–H and O–H groups in total. The molecule has 6 nitrogen and oxygen atoms in total. The first-order valence-corrected chi connectivity index (χ1v) is 8.16. The second kappa shape index (κ2) is 5.69. The smallest absolute Gasteiger partial charge is 0.335 e.